The smallest absolute Gasteiger partial charge is 0.164 e. The molecule has 0 unspecified atom stereocenters. The summed E-state index contributed by atoms with van der Waals surface area (Å²) in [4.78, 5) is 15.4. The van der Waals surface area contributed by atoms with Gasteiger partial charge in [-0.1, -0.05) is 172 Å². The van der Waals surface area contributed by atoms with Crippen LogP contribution in [0.15, 0.2) is 176 Å². The fourth-order valence-corrected chi connectivity index (χ4v) is 8.19. The van der Waals surface area contributed by atoms with Gasteiger partial charge in [-0.25, -0.2) is 15.0 Å². The number of nitrogens with zero attached hydrogens (tertiary/aromatic N) is 3. The zero-order valence-electron chi connectivity index (χ0n) is 29.6. The highest BCUT2D eigenvalue weighted by Gasteiger charge is 2.37. The summed E-state index contributed by atoms with van der Waals surface area (Å²) in [5.41, 5.74) is 12.6. The first kappa shape index (κ1) is 31.1. The third kappa shape index (κ3) is 5.24. The van der Waals surface area contributed by atoms with Crippen LogP contribution in [-0.2, 0) is 5.41 Å². The molecule has 250 valence electrons. The molecule has 3 nitrogen and oxygen atoms in total. The highest BCUT2D eigenvalue weighted by Crippen LogP contribution is 2.51. The molecule has 1 heterocycles. The van der Waals surface area contributed by atoms with Crippen LogP contribution in [0.2, 0.25) is 0 Å². The average molecular weight is 678 g/mol. The molecule has 10 rings (SSSR count). The van der Waals surface area contributed by atoms with Crippen molar-refractivity contribution in [3.05, 3.63) is 187 Å². The molecule has 53 heavy (non-hydrogen) atoms. The Bertz CT molecular complexity index is 2860. The second-order valence-electron chi connectivity index (χ2n) is 14.5. The highest BCUT2D eigenvalue weighted by molar-refractivity contribution is 5.99. The van der Waals surface area contributed by atoms with E-state index < -0.39 is 0 Å². The van der Waals surface area contributed by atoms with Crippen molar-refractivity contribution >= 4 is 21.5 Å². The molecule has 1 aliphatic rings. The van der Waals surface area contributed by atoms with E-state index in [4.69, 9.17) is 15.0 Å². The normalized spacial score (nSPS) is 12.9. The maximum atomic E-state index is 5.22. The number of aromatic nitrogens is 3. The summed E-state index contributed by atoms with van der Waals surface area (Å²) in [5, 5.41) is 4.94. The van der Waals surface area contributed by atoms with Crippen LogP contribution in [0.4, 0.5) is 0 Å². The van der Waals surface area contributed by atoms with E-state index >= 15 is 0 Å². The van der Waals surface area contributed by atoms with E-state index in [-0.39, 0.29) is 5.41 Å². The van der Waals surface area contributed by atoms with E-state index in [1.54, 1.807) is 0 Å². The summed E-state index contributed by atoms with van der Waals surface area (Å²) in [6.07, 6.45) is 0. The lowest BCUT2D eigenvalue weighted by atomic mass is 9.82. The Morgan fingerprint density at radius 3 is 1.75 bits per heavy atom. The lowest BCUT2D eigenvalue weighted by Crippen LogP contribution is -2.14. The maximum Gasteiger partial charge on any atom is 0.164 e. The van der Waals surface area contributed by atoms with Crippen LogP contribution in [0.1, 0.15) is 25.0 Å². The van der Waals surface area contributed by atoms with E-state index in [1.165, 1.54) is 54.9 Å². The molecule has 0 saturated carbocycles. The monoisotopic (exact) mass is 677 g/mol. The minimum Gasteiger partial charge on any atom is -0.208 e. The molecule has 0 spiro atoms. The van der Waals surface area contributed by atoms with E-state index in [1.807, 2.05) is 18.2 Å². The van der Waals surface area contributed by atoms with E-state index in [9.17, 15) is 0 Å². The minimum atomic E-state index is -0.119. The Hall–Kier alpha value is -6.71. The Morgan fingerprint density at radius 1 is 0.340 bits per heavy atom. The Balaban J connectivity index is 1.07. The maximum absolute atomic E-state index is 5.22. The SMILES string of the molecule is CC1(C)c2ccccc2-c2c(-c3nc(-c4ccccc4)nc(-c4cccc(-c5ccc6cc(-c7cccc8ccccc78)ccc6c5)c4)n3)cccc21. The first-order valence-electron chi connectivity index (χ1n) is 18.2. The van der Waals surface area contributed by atoms with E-state index in [0.717, 1.165) is 27.8 Å². The summed E-state index contributed by atoms with van der Waals surface area (Å²) in [6.45, 7) is 4.61. The van der Waals surface area contributed by atoms with Crippen molar-refractivity contribution in [1.82, 2.24) is 15.0 Å². The van der Waals surface area contributed by atoms with Crippen molar-refractivity contribution in [2.75, 3.05) is 0 Å². The second kappa shape index (κ2) is 12.2. The van der Waals surface area contributed by atoms with Gasteiger partial charge in [0.1, 0.15) is 0 Å². The third-order valence-corrected chi connectivity index (χ3v) is 10.9. The molecule has 0 fully saturated rings. The van der Waals surface area contributed by atoms with E-state index in [0.29, 0.717) is 17.5 Å². The molecule has 8 aromatic carbocycles. The molecule has 0 atom stereocenters. The van der Waals surface area contributed by atoms with Crippen molar-refractivity contribution in [2.45, 2.75) is 19.3 Å². The molecule has 0 N–H and O–H groups in total. The molecule has 9 aromatic rings. The molecule has 0 amide bonds. The molecule has 1 aromatic heterocycles. The van der Waals surface area contributed by atoms with Gasteiger partial charge in [-0.05, 0) is 84.3 Å². The molecule has 0 saturated heterocycles. The summed E-state index contributed by atoms with van der Waals surface area (Å²) >= 11 is 0. The van der Waals surface area contributed by atoms with Crippen LogP contribution in [0.3, 0.4) is 0 Å². The quantitative estimate of drug-likeness (QED) is 0.182. The second-order valence-corrected chi connectivity index (χ2v) is 14.5. The zero-order valence-corrected chi connectivity index (χ0v) is 29.6. The van der Waals surface area contributed by atoms with Crippen molar-refractivity contribution in [3.8, 4) is 67.5 Å². The third-order valence-electron chi connectivity index (χ3n) is 10.9. The van der Waals surface area contributed by atoms with Crippen LogP contribution < -0.4 is 0 Å². The molecular weight excluding hydrogens is 643 g/mol. The van der Waals surface area contributed by atoms with Gasteiger partial charge in [0.2, 0.25) is 0 Å². The van der Waals surface area contributed by atoms with Gasteiger partial charge in [0, 0.05) is 22.1 Å². The lowest BCUT2D eigenvalue weighted by Gasteiger charge is -2.21. The average Bonchev–Trinajstić information content (AvgIpc) is 3.46. The topological polar surface area (TPSA) is 38.7 Å². The Kier molecular flexibility index (Phi) is 7.16. The van der Waals surface area contributed by atoms with E-state index in [2.05, 4.69) is 172 Å². The fraction of sp³-hybridized carbons (Fsp3) is 0.0600. The van der Waals surface area contributed by atoms with Gasteiger partial charge in [0.05, 0.1) is 0 Å². The predicted molar refractivity (Wildman–Crippen MR) is 220 cm³/mol. The fourth-order valence-electron chi connectivity index (χ4n) is 8.19. The first-order chi connectivity index (χ1) is 26.0. The van der Waals surface area contributed by atoms with Crippen LogP contribution in [0.5, 0.6) is 0 Å². The van der Waals surface area contributed by atoms with Crippen molar-refractivity contribution in [3.63, 3.8) is 0 Å². The summed E-state index contributed by atoms with van der Waals surface area (Å²) in [6, 6.07) is 62.7. The summed E-state index contributed by atoms with van der Waals surface area (Å²) in [7, 11) is 0. The molecule has 3 heteroatoms. The van der Waals surface area contributed by atoms with Gasteiger partial charge in [-0.2, -0.15) is 0 Å². The van der Waals surface area contributed by atoms with Crippen molar-refractivity contribution in [1.29, 1.82) is 0 Å². The standard InChI is InChI=1S/C50H35N3/c1-50(2)44-23-9-8-20-42(44)46-43(22-12-24-45(46)50)49-52-47(33-14-4-3-5-15-33)51-48(53-49)39-18-10-17-34(31-39)35-25-26-37-30-38(28-27-36(37)29-35)41-21-11-16-32-13-6-7-19-40(32)41/h3-31H,1-2H3. The number of hydrogen-bond acceptors (Lipinski definition) is 3. The van der Waals surface area contributed by atoms with Crippen LogP contribution in [-0.4, -0.2) is 15.0 Å². The molecule has 0 radical (unpaired) electrons. The molecule has 1 aliphatic carbocycles. The lowest BCUT2D eigenvalue weighted by molar-refractivity contribution is 0.660. The molecule has 0 bridgehead atoms. The highest BCUT2D eigenvalue weighted by atomic mass is 15.0. The number of fused-ring (bicyclic) bond motifs is 5. The summed E-state index contributed by atoms with van der Waals surface area (Å²) in [5.74, 6) is 1.99. The zero-order chi connectivity index (χ0) is 35.5. The van der Waals surface area contributed by atoms with Gasteiger partial charge in [-0.3, -0.25) is 0 Å². The summed E-state index contributed by atoms with van der Waals surface area (Å²) < 4.78 is 0. The van der Waals surface area contributed by atoms with Crippen molar-refractivity contribution < 1.29 is 0 Å². The largest absolute Gasteiger partial charge is 0.208 e. The first-order valence-corrected chi connectivity index (χ1v) is 18.2. The van der Waals surface area contributed by atoms with Crippen LogP contribution >= 0.6 is 0 Å². The Labute approximate surface area is 309 Å². The van der Waals surface area contributed by atoms with Gasteiger partial charge in [-0.15, -0.1) is 0 Å². The van der Waals surface area contributed by atoms with Gasteiger partial charge in [0.15, 0.2) is 17.5 Å². The Morgan fingerprint density at radius 2 is 0.887 bits per heavy atom. The molecule has 0 aliphatic heterocycles. The minimum absolute atomic E-state index is 0.119. The van der Waals surface area contributed by atoms with Gasteiger partial charge < -0.3 is 0 Å². The molecular formula is C50H35N3. The van der Waals surface area contributed by atoms with Crippen molar-refractivity contribution in [2.24, 2.45) is 0 Å². The predicted octanol–water partition coefficient (Wildman–Crippen LogP) is 12.8. The van der Waals surface area contributed by atoms with Gasteiger partial charge >= 0.3 is 0 Å². The van der Waals surface area contributed by atoms with Gasteiger partial charge in [0.25, 0.3) is 0 Å². The number of benzene rings is 8. The van der Waals surface area contributed by atoms with Crippen LogP contribution in [0, 0.1) is 0 Å². The number of hydrogen-bond donors (Lipinski definition) is 0. The number of rotatable bonds is 5. The van der Waals surface area contributed by atoms with Crippen LogP contribution in [0.25, 0.3) is 89.1 Å².